The van der Waals surface area contributed by atoms with E-state index in [1.165, 1.54) is 22.9 Å². The van der Waals surface area contributed by atoms with Crippen LogP contribution < -0.4 is 0 Å². The summed E-state index contributed by atoms with van der Waals surface area (Å²) in [4.78, 5) is 18.2. The molecule has 0 bridgehead atoms. The van der Waals surface area contributed by atoms with Crippen molar-refractivity contribution in [2.24, 2.45) is 0 Å². The third-order valence-corrected chi connectivity index (χ3v) is 4.46. The van der Waals surface area contributed by atoms with Crippen LogP contribution in [0.1, 0.15) is 33.9 Å². The quantitative estimate of drug-likeness (QED) is 0.622. The van der Waals surface area contributed by atoms with Crippen molar-refractivity contribution in [1.29, 1.82) is 0 Å². The maximum absolute atomic E-state index is 13.0. The lowest BCUT2D eigenvalue weighted by atomic mass is 9.99. The second kappa shape index (κ2) is 8.58. The Balaban J connectivity index is 1.73. The zero-order valence-corrected chi connectivity index (χ0v) is 15.1. The van der Waals surface area contributed by atoms with Gasteiger partial charge in [-0.25, -0.2) is 4.98 Å². The lowest BCUT2D eigenvalue weighted by Gasteiger charge is -2.19. The van der Waals surface area contributed by atoms with Crippen molar-refractivity contribution in [3.05, 3.63) is 89.5 Å². The van der Waals surface area contributed by atoms with Crippen LogP contribution in [-0.4, -0.2) is 27.4 Å². The van der Waals surface area contributed by atoms with Crippen molar-refractivity contribution in [3.8, 4) is 0 Å². The molecule has 0 atom stereocenters. The van der Waals surface area contributed by atoms with Crippen LogP contribution in [-0.2, 0) is 19.4 Å². The summed E-state index contributed by atoms with van der Waals surface area (Å²) >= 11 is 0. The first-order valence-electron chi connectivity index (χ1n) is 8.73. The molecule has 0 spiro atoms. The number of hydrogen-bond acceptors (Lipinski definition) is 2. The molecule has 2 aromatic carbocycles. The maximum Gasteiger partial charge on any atom is 0.319 e. The van der Waals surface area contributed by atoms with Gasteiger partial charge in [0.1, 0.15) is 5.82 Å². The third-order valence-electron chi connectivity index (χ3n) is 4.46. The molecule has 1 aromatic heterocycles. The molecular weight excluding hydrogens is 348 g/mol. The Morgan fingerprint density at radius 1 is 1.07 bits per heavy atom. The second-order valence-corrected chi connectivity index (χ2v) is 6.33. The Morgan fingerprint density at radius 3 is 2.52 bits per heavy atom. The second-order valence-electron chi connectivity index (χ2n) is 6.33. The van der Waals surface area contributed by atoms with Gasteiger partial charge in [-0.15, -0.1) is 0 Å². The first-order chi connectivity index (χ1) is 13.1. The van der Waals surface area contributed by atoms with E-state index in [9.17, 15) is 13.6 Å². The van der Waals surface area contributed by atoms with Gasteiger partial charge < -0.3 is 4.90 Å². The number of hydrogen-bond donors (Lipinski definition) is 0. The number of imidazole rings is 1. The van der Waals surface area contributed by atoms with Crippen LogP contribution in [0.5, 0.6) is 0 Å². The zero-order chi connectivity index (χ0) is 19.2. The number of amides is 1. The summed E-state index contributed by atoms with van der Waals surface area (Å²) in [5.41, 5.74) is 2.73. The molecule has 0 aliphatic carbocycles. The Bertz CT molecular complexity index is 893. The summed E-state index contributed by atoms with van der Waals surface area (Å²) in [5, 5.41) is 0. The Kier molecular flexibility index (Phi) is 5.96. The number of carbonyl (C=O) groups is 1. The first kappa shape index (κ1) is 18.8. The molecule has 0 fully saturated rings. The molecule has 140 valence electrons. The Hall–Kier alpha value is -3.02. The molecule has 0 aliphatic rings. The minimum Gasteiger partial charge on any atom is -0.334 e. The first-order valence-corrected chi connectivity index (χ1v) is 8.73. The smallest absolute Gasteiger partial charge is 0.319 e. The van der Waals surface area contributed by atoms with E-state index < -0.39 is 6.55 Å². The molecule has 0 saturated carbocycles. The fraction of sp³-hybridized carbons (Fsp3) is 0.238. The van der Waals surface area contributed by atoms with Crippen LogP contribution in [0.2, 0.25) is 0 Å². The minimum absolute atomic E-state index is 0.0171. The number of aromatic nitrogens is 2. The number of nitrogens with zero attached hydrogens (tertiary/aromatic N) is 3. The highest BCUT2D eigenvalue weighted by Gasteiger charge is 2.19. The van der Waals surface area contributed by atoms with Gasteiger partial charge in [-0.3, -0.25) is 9.36 Å². The molecule has 0 N–H and O–H groups in total. The standard InChI is InChI=1S/C21H21F2N3O/c1-25(15-19-24-13-14-26(19)21(22)23)20(27)18-10-6-5-9-17(18)12-11-16-7-3-2-4-8-16/h2-10,13-14,21H,11-12,15H2,1H3. The van der Waals surface area contributed by atoms with Crippen molar-refractivity contribution >= 4 is 5.91 Å². The fourth-order valence-corrected chi connectivity index (χ4v) is 3.00. The van der Waals surface area contributed by atoms with E-state index >= 15 is 0 Å². The van der Waals surface area contributed by atoms with E-state index in [2.05, 4.69) is 17.1 Å². The van der Waals surface area contributed by atoms with Crippen LogP contribution in [0, 0.1) is 0 Å². The zero-order valence-electron chi connectivity index (χ0n) is 15.1. The molecular formula is C21H21F2N3O. The fourth-order valence-electron chi connectivity index (χ4n) is 3.00. The van der Waals surface area contributed by atoms with Crippen LogP contribution in [0.25, 0.3) is 0 Å². The predicted octanol–water partition coefficient (Wildman–Crippen LogP) is 4.34. The van der Waals surface area contributed by atoms with Gasteiger partial charge in [0.2, 0.25) is 0 Å². The van der Waals surface area contributed by atoms with Crippen LogP contribution in [0.3, 0.4) is 0 Å². The van der Waals surface area contributed by atoms with Crippen molar-refractivity contribution in [2.75, 3.05) is 7.05 Å². The topological polar surface area (TPSA) is 38.1 Å². The van der Waals surface area contributed by atoms with E-state index in [0.717, 1.165) is 23.0 Å². The van der Waals surface area contributed by atoms with E-state index in [1.807, 2.05) is 36.4 Å². The number of rotatable bonds is 7. The van der Waals surface area contributed by atoms with Crippen molar-refractivity contribution in [1.82, 2.24) is 14.5 Å². The average molecular weight is 369 g/mol. The van der Waals surface area contributed by atoms with Gasteiger partial charge in [0, 0.05) is 25.0 Å². The number of halogens is 2. The normalized spacial score (nSPS) is 11.0. The van der Waals surface area contributed by atoms with Gasteiger partial charge in [0.15, 0.2) is 0 Å². The lowest BCUT2D eigenvalue weighted by Crippen LogP contribution is -2.28. The summed E-state index contributed by atoms with van der Waals surface area (Å²) in [6.45, 7) is -2.66. The van der Waals surface area contributed by atoms with Crippen molar-refractivity contribution in [2.45, 2.75) is 25.9 Å². The van der Waals surface area contributed by atoms with E-state index in [1.54, 1.807) is 13.1 Å². The molecule has 6 heteroatoms. The molecule has 4 nitrogen and oxygen atoms in total. The number of alkyl halides is 2. The molecule has 0 radical (unpaired) electrons. The third kappa shape index (κ3) is 4.58. The van der Waals surface area contributed by atoms with Gasteiger partial charge in [0.25, 0.3) is 5.91 Å². The summed E-state index contributed by atoms with van der Waals surface area (Å²) in [6, 6.07) is 17.5. The lowest BCUT2D eigenvalue weighted by molar-refractivity contribution is 0.0612. The molecule has 0 unspecified atom stereocenters. The molecule has 27 heavy (non-hydrogen) atoms. The summed E-state index contributed by atoms with van der Waals surface area (Å²) < 4.78 is 26.7. The highest BCUT2D eigenvalue weighted by molar-refractivity contribution is 5.95. The number of aryl methyl sites for hydroxylation is 2. The predicted molar refractivity (Wildman–Crippen MR) is 99.6 cm³/mol. The van der Waals surface area contributed by atoms with Gasteiger partial charge in [-0.2, -0.15) is 8.78 Å². The number of carbonyl (C=O) groups excluding carboxylic acids is 1. The maximum atomic E-state index is 13.0. The monoisotopic (exact) mass is 369 g/mol. The van der Waals surface area contributed by atoms with Crippen molar-refractivity contribution in [3.63, 3.8) is 0 Å². The van der Waals surface area contributed by atoms with E-state index in [0.29, 0.717) is 5.56 Å². The van der Waals surface area contributed by atoms with Gasteiger partial charge in [-0.05, 0) is 30.0 Å². The highest BCUT2D eigenvalue weighted by atomic mass is 19.3. The van der Waals surface area contributed by atoms with Crippen LogP contribution >= 0.6 is 0 Å². The van der Waals surface area contributed by atoms with E-state index in [4.69, 9.17) is 0 Å². The molecule has 0 aliphatic heterocycles. The molecule has 0 saturated heterocycles. The average Bonchev–Trinajstić information content (AvgIpc) is 3.15. The molecule has 1 heterocycles. The van der Waals surface area contributed by atoms with Gasteiger partial charge in [0.05, 0.1) is 6.54 Å². The summed E-state index contributed by atoms with van der Waals surface area (Å²) in [6.07, 6.45) is 4.08. The van der Waals surface area contributed by atoms with Gasteiger partial charge >= 0.3 is 6.55 Å². The molecule has 3 rings (SSSR count). The Morgan fingerprint density at radius 2 is 1.78 bits per heavy atom. The summed E-state index contributed by atoms with van der Waals surface area (Å²) in [7, 11) is 1.60. The highest BCUT2D eigenvalue weighted by Crippen LogP contribution is 2.17. The largest absolute Gasteiger partial charge is 0.334 e. The van der Waals surface area contributed by atoms with Crippen molar-refractivity contribution < 1.29 is 13.6 Å². The van der Waals surface area contributed by atoms with Crippen LogP contribution in [0.4, 0.5) is 8.78 Å². The van der Waals surface area contributed by atoms with Gasteiger partial charge in [-0.1, -0.05) is 48.5 Å². The molecule has 1 amide bonds. The SMILES string of the molecule is CN(Cc1nccn1C(F)F)C(=O)c1ccccc1CCc1ccccc1. The minimum atomic E-state index is -2.68. The molecule has 3 aromatic rings. The van der Waals surface area contributed by atoms with E-state index in [-0.39, 0.29) is 18.3 Å². The number of benzene rings is 2. The van der Waals surface area contributed by atoms with Crippen LogP contribution in [0.15, 0.2) is 67.0 Å². The summed E-state index contributed by atoms with van der Waals surface area (Å²) in [5.74, 6) is -0.0508. The Labute approximate surface area is 157 Å².